The smallest absolute Gasteiger partial charge is 0.251 e. The van der Waals surface area contributed by atoms with E-state index < -0.39 is 6.10 Å². The van der Waals surface area contributed by atoms with E-state index in [0.717, 1.165) is 30.7 Å². The lowest BCUT2D eigenvalue weighted by Crippen LogP contribution is -2.42. The van der Waals surface area contributed by atoms with Crippen LogP contribution in [-0.4, -0.2) is 42.4 Å². The van der Waals surface area contributed by atoms with Gasteiger partial charge in [-0.3, -0.25) is 4.79 Å². The molecule has 2 aliphatic carbocycles. The first-order valence-corrected chi connectivity index (χ1v) is 10.3. The van der Waals surface area contributed by atoms with Gasteiger partial charge in [0.15, 0.2) is 0 Å². The van der Waals surface area contributed by atoms with E-state index in [1.54, 1.807) is 24.3 Å². The van der Waals surface area contributed by atoms with Gasteiger partial charge < -0.3 is 20.5 Å². The van der Waals surface area contributed by atoms with Gasteiger partial charge in [0.05, 0.1) is 0 Å². The Balaban J connectivity index is 1.34. The van der Waals surface area contributed by atoms with Crippen molar-refractivity contribution in [1.29, 1.82) is 0 Å². The van der Waals surface area contributed by atoms with Crippen LogP contribution in [0, 0.1) is 17.8 Å². The van der Waals surface area contributed by atoms with E-state index in [4.69, 9.17) is 4.74 Å². The molecule has 1 aromatic carbocycles. The maximum atomic E-state index is 12.2. The highest BCUT2D eigenvalue weighted by molar-refractivity contribution is 5.94. The summed E-state index contributed by atoms with van der Waals surface area (Å²) in [5.74, 6) is 3.39. The number of carbonyl (C=O) groups excluding carboxylic acids is 1. The highest BCUT2D eigenvalue weighted by Gasteiger charge is 2.51. The van der Waals surface area contributed by atoms with Crippen molar-refractivity contribution in [2.45, 2.75) is 58.1 Å². The topological polar surface area (TPSA) is 70.6 Å². The first kappa shape index (κ1) is 20.2. The summed E-state index contributed by atoms with van der Waals surface area (Å²) in [6.45, 7) is 7.63. The van der Waals surface area contributed by atoms with Gasteiger partial charge in [-0.2, -0.15) is 0 Å². The van der Waals surface area contributed by atoms with Gasteiger partial charge >= 0.3 is 0 Å². The van der Waals surface area contributed by atoms with Gasteiger partial charge in [0.1, 0.15) is 18.5 Å². The molecule has 5 heteroatoms. The highest BCUT2D eigenvalue weighted by atomic mass is 16.5. The van der Waals surface area contributed by atoms with Crippen molar-refractivity contribution in [3.63, 3.8) is 0 Å². The summed E-state index contributed by atoms with van der Waals surface area (Å²) in [5.41, 5.74) is 0.613. The van der Waals surface area contributed by atoms with Crippen molar-refractivity contribution >= 4 is 5.91 Å². The number of nitrogens with one attached hydrogen (secondary N) is 2. The molecule has 1 amide bonds. The largest absolute Gasteiger partial charge is 0.491 e. The van der Waals surface area contributed by atoms with Crippen LogP contribution in [0.25, 0.3) is 0 Å². The molecular formula is C22H34N2O3. The van der Waals surface area contributed by atoms with Crippen molar-refractivity contribution in [2.24, 2.45) is 17.8 Å². The van der Waals surface area contributed by atoms with Crippen LogP contribution in [0.3, 0.4) is 0 Å². The number of rotatable bonds is 9. The number of aliphatic hydroxyl groups is 1. The minimum absolute atomic E-state index is 0.0261. The van der Waals surface area contributed by atoms with Crippen LogP contribution in [-0.2, 0) is 0 Å². The highest BCUT2D eigenvalue weighted by Crippen LogP contribution is 2.58. The lowest BCUT2D eigenvalue weighted by atomic mass is 10.1. The first-order valence-electron chi connectivity index (χ1n) is 10.3. The third kappa shape index (κ3) is 5.94. The maximum absolute atomic E-state index is 12.2. The van der Waals surface area contributed by atoms with Crippen molar-refractivity contribution < 1.29 is 14.6 Å². The molecule has 0 spiro atoms. The Morgan fingerprint density at radius 1 is 1.22 bits per heavy atom. The van der Waals surface area contributed by atoms with Crippen molar-refractivity contribution in [3.8, 4) is 5.75 Å². The van der Waals surface area contributed by atoms with Gasteiger partial charge in [-0.15, -0.1) is 0 Å². The molecule has 0 aliphatic heterocycles. The van der Waals surface area contributed by atoms with Gasteiger partial charge in [-0.25, -0.2) is 0 Å². The molecule has 3 atom stereocenters. The molecule has 2 fully saturated rings. The monoisotopic (exact) mass is 374 g/mol. The Kier molecular flexibility index (Phi) is 6.43. The molecule has 3 N–H and O–H groups in total. The number of hydrogen-bond donors (Lipinski definition) is 3. The van der Waals surface area contributed by atoms with E-state index in [9.17, 15) is 9.90 Å². The van der Waals surface area contributed by atoms with Crippen molar-refractivity contribution in [2.75, 3.05) is 19.7 Å². The van der Waals surface area contributed by atoms with Gasteiger partial charge in [-0.05, 0) is 82.1 Å². The number of hydrogen-bond acceptors (Lipinski definition) is 4. The van der Waals surface area contributed by atoms with E-state index in [2.05, 4.69) is 31.4 Å². The predicted octanol–water partition coefficient (Wildman–Crippen LogP) is 2.98. The van der Waals surface area contributed by atoms with Crippen LogP contribution in [0.1, 0.15) is 56.8 Å². The lowest BCUT2D eigenvalue weighted by Gasteiger charge is -2.22. The number of amides is 1. The Morgan fingerprint density at radius 3 is 2.52 bits per heavy atom. The van der Waals surface area contributed by atoms with E-state index >= 15 is 0 Å². The normalized spacial score (nSPS) is 25.0. The van der Waals surface area contributed by atoms with E-state index in [1.165, 1.54) is 19.3 Å². The Bertz CT molecular complexity index is 613. The second-order valence-corrected chi connectivity index (χ2v) is 9.09. The Morgan fingerprint density at radius 2 is 1.89 bits per heavy atom. The van der Waals surface area contributed by atoms with Crippen LogP contribution < -0.4 is 15.4 Å². The molecule has 0 heterocycles. The quantitative estimate of drug-likeness (QED) is 0.621. The molecule has 1 aromatic rings. The summed E-state index contributed by atoms with van der Waals surface area (Å²) < 4.78 is 5.61. The summed E-state index contributed by atoms with van der Waals surface area (Å²) in [4.78, 5) is 12.2. The molecule has 0 bridgehead atoms. The van der Waals surface area contributed by atoms with Gasteiger partial charge in [0, 0.05) is 24.2 Å². The van der Waals surface area contributed by atoms with Crippen molar-refractivity contribution in [3.05, 3.63) is 29.8 Å². The second-order valence-electron chi connectivity index (χ2n) is 9.09. The molecule has 3 unspecified atom stereocenters. The molecule has 27 heavy (non-hydrogen) atoms. The van der Waals surface area contributed by atoms with Crippen LogP contribution in [0.4, 0.5) is 0 Å². The van der Waals surface area contributed by atoms with Crippen LogP contribution in [0.15, 0.2) is 24.3 Å². The number of fused-ring (bicyclic) bond motifs is 1. The first-order chi connectivity index (χ1) is 12.8. The summed E-state index contributed by atoms with van der Waals surface area (Å²) in [5, 5.41) is 16.2. The molecule has 0 radical (unpaired) electrons. The third-order valence-electron chi connectivity index (χ3n) is 5.77. The summed E-state index contributed by atoms with van der Waals surface area (Å²) >= 11 is 0. The molecular weight excluding hydrogens is 340 g/mol. The number of benzene rings is 1. The van der Waals surface area contributed by atoms with Gasteiger partial charge in [-0.1, -0.05) is 6.42 Å². The van der Waals surface area contributed by atoms with Crippen LogP contribution >= 0.6 is 0 Å². The fraction of sp³-hybridized carbons (Fsp3) is 0.682. The third-order valence-corrected chi connectivity index (χ3v) is 5.77. The number of carbonyl (C=O) groups is 1. The molecule has 0 aromatic heterocycles. The zero-order chi connectivity index (χ0) is 19.4. The van der Waals surface area contributed by atoms with E-state index in [-0.39, 0.29) is 18.1 Å². The minimum atomic E-state index is -0.575. The maximum Gasteiger partial charge on any atom is 0.251 e. The zero-order valence-corrected chi connectivity index (χ0v) is 16.8. The SMILES string of the molecule is CC(C)(C)NCC(O)COc1ccc(C(=O)NCCC2C3CCCC32)cc1. The fourth-order valence-electron chi connectivity index (χ4n) is 4.23. The molecule has 5 nitrogen and oxygen atoms in total. The standard InChI is InChI=1S/C22H34N2O3/c1-22(2,3)24-13-16(25)14-27-17-9-7-15(8-10-17)21(26)23-12-11-20-18-5-4-6-19(18)20/h7-10,16,18-20,24-25H,4-6,11-14H2,1-3H3,(H,23,26). The molecule has 2 aliphatic rings. The Labute approximate surface area is 162 Å². The molecule has 3 rings (SSSR count). The number of ether oxygens (including phenoxy) is 1. The summed E-state index contributed by atoms with van der Waals surface area (Å²) in [7, 11) is 0. The van der Waals surface area contributed by atoms with Crippen molar-refractivity contribution in [1.82, 2.24) is 10.6 Å². The van der Waals surface area contributed by atoms with Crippen LogP contribution in [0.5, 0.6) is 5.75 Å². The molecule has 0 saturated heterocycles. The minimum Gasteiger partial charge on any atom is -0.491 e. The summed E-state index contributed by atoms with van der Waals surface area (Å²) in [6, 6.07) is 7.11. The lowest BCUT2D eigenvalue weighted by molar-refractivity contribution is 0.0950. The predicted molar refractivity (Wildman–Crippen MR) is 107 cm³/mol. The van der Waals surface area contributed by atoms with Crippen LogP contribution in [0.2, 0.25) is 0 Å². The van der Waals surface area contributed by atoms with Gasteiger partial charge in [0.2, 0.25) is 0 Å². The average Bonchev–Trinajstić information content (AvgIpc) is 3.05. The zero-order valence-electron chi connectivity index (χ0n) is 16.8. The average molecular weight is 375 g/mol. The van der Waals surface area contributed by atoms with Gasteiger partial charge in [0.25, 0.3) is 5.91 Å². The second kappa shape index (κ2) is 8.61. The summed E-state index contributed by atoms with van der Waals surface area (Å²) in [6.07, 6.45) is 4.73. The van der Waals surface area contributed by atoms with E-state index in [1.807, 2.05) is 0 Å². The molecule has 2 saturated carbocycles. The van der Waals surface area contributed by atoms with E-state index in [0.29, 0.717) is 17.9 Å². The number of β-amino-alcohol motifs (C(OH)–C–C–N with tert-alkyl or cyclic N) is 1. The Hall–Kier alpha value is -1.59. The molecule has 150 valence electrons. The number of aliphatic hydroxyl groups excluding tert-OH is 1. The fourth-order valence-corrected chi connectivity index (χ4v) is 4.23.